The Balaban J connectivity index is 1.86. The highest BCUT2D eigenvalue weighted by molar-refractivity contribution is 7.85. The molecule has 2 rings (SSSR count). The van der Waals surface area contributed by atoms with E-state index < -0.39 is 15.7 Å². The molecule has 0 aliphatic carbocycles. The maximum Gasteiger partial charge on any atom is 0.410 e. The molecule has 1 aliphatic heterocycles. The Morgan fingerprint density at radius 2 is 1.92 bits per heavy atom. The van der Waals surface area contributed by atoms with Gasteiger partial charge < -0.3 is 14.5 Å². The van der Waals surface area contributed by atoms with Gasteiger partial charge in [0.1, 0.15) is 12.2 Å². The van der Waals surface area contributed by atoms with Gasteiger partial charge in [-0.3, -0.25) is 4.18 Å². The molecule has 1 aliphatic rings. The first-order valence-electron chi connectivity index (χ1n) is 7.55. The van der Waals surface area contributed by atoms with Crippen molar-refractivity contribution in [2.24, 2.45) is 0 Å². The zero-order valence-electron chi connectivity index (χ0n) is 14.3. The van der Waals surface area contributed by atoms with E-state index in [1.807, 2.05) is 20.8 Å². The molecule has 1 amide bonds. The van der Waals surface area contributed by atoms with Gasteiger partial charge in [0.2, 0.25) is 0 Å². The van der Waals surface area contributed by atoms with Crippen LogP contribution in [0.1, 0.15) is 26.5 Å². The minimum Gasteiger partial charge on any atom is -0.444 e. The lowest BCUT2D eigenvalue weighted by Gasteiger charge is -2.35. The second-order valence-electron chi connectivity index (χ2n) is 6.54. The van der Waals surface area contributed by atoms with E-state index in [9.17, 15) is 13.2 Å². The van der Waals surface area contributed by atoms with Crippen LogP contribution in [-0.4, -0.2) is 62.4 Å². The molecule has 0 atom stereocenters. The minimum absolute atomic E-state index is 0.0623. The highest BCUT2D eigenvalue weighted by atomic mass is 32.2. The third-order valence-corrected chi connectivity index (χ3v) is 4.66. The Kier molecular flexibility index (Phi) is 5.71. The van der Waals surface area contributed by atoms with Crippen molar-refractivity contribution in [2.75, 3.05) is 37.3 Å². The summed E-state index contributed by atoms with van der Waals surface area (Å²) in [4.78, 5) is 20.2. The van der Waals surface area contributed by atoms with E-state index in [0.29, 0.717) is 31.9 Å². The summed E-state index contributed by atoms with van der Waals surface area (Å²) in [5.41, 5.74) is 0.0768. The van der Waals surface area contributed by atoms with Gasteiger partial charge >= 0.3 is 6.09 Å². The molecule has 10 heteroatoms. The molecule has 0 aromatic carbocycles. The standard InChI is InChI=1S/C14H23N3O5S2/c1-14(2,3)22-13(18)17-7-5-16(6-8-17)12-15-11(10-23-12)9-21-24(4,19)20/h10H,5-9H2,1-4H3. The highest BCUT2D eigenvalue weighted by Gasteiger charge is 2.26. The Morgan fingerprint density at radius 1 is 1.29 bits per heavy atom. The quantitative estimate of drug-likeness (QED) is 0.738. The fourth-order valence-corrected chi connectivity index (χ4v) is 3.28. The first kappa shape index (κ1) is 18.9. The number of piperazine rings is 1. The molecule has 1 aromatic rings. The lowest BCUT2D eigenvalue weighted by Crippen LogP contribution is -2.50. The number of nitrogens with zero attached hydrogens (tertiary/aromatic N) is 3. The summed E-state index contributed by atoms with van der Waals surface area (Å²) in [6.45, 7) is 7.89. The van der Waals surface area contributed by atoms with Gasteiger partial charge in [-0.25, -0.2) is 9.78 Å². The summed E-state index contributed by atoms with van der Waals surface area (Å²) in [5.74, 6) is 0. The summed E-state index contributed by atoms with van der Waals surface area (Å²) < 4.78 is 32.1. The Labute approximate surface area is 146 Å². The molecular formula is C14H23N3O5S2. The van der Waals surface area contributed by atoms with Gasteiger partial charge in [-0.05, 0) is 20.8 Å². The molecule has 0 saturated carbocycles. The maximum atomic E-state index is 12.0. The van der Waals surface area contributed by atoms with Crippen molar-refractivity contribution in [1.29, 1.82) is 0 Å². The summed E-state index contributed by atoms with van der Waals surface area (Å²) in [6, 6.07) is 0. The van der Waals surface area contributed by atoms with Crippen LogP contribution < -0.4 is 4.90 Å². The summed E-state index contributed by atoms with van der Waals surface area (Å²) in [5, 5.41) is 2.58. The number of hydrogen-bond donors (Lipinski definition) is 0. The molecule has 8 nitrogen and oxygen atoms in total. The summed E-state index contributed by atoms with van der Waals surface area (Å²) >= 11 is 1.43. The topological polar surface area (TPSA) is 89.0 Å². The molecular weight excluding hydrogens is 354 g/mol. The third-order valence-electron chi connectivity index (χ3n) is 3.16. The fourth-order valence-electron chi connectivity index (χ4n) is 2.08. The predicted molar refractivity (Wildman–Crippen MR) is 91.8 cm³/mol. The van der Waals surface area contributed by atoms with Crippen LogP contribution in [-0.2, 0) is 25.6 Å². The number of anilines is 1. The molecule has 0 bridgehead atoms. The number of carbonyl (C=O) groups excluding carboxylic acids is 1. The summed E-state index contributed by atoms with van der Waals surface area (Å²) in [7, 11) is -3.48. The normalized spacial score (nSPS) is 16.3. The van der Waals surface area contributed by atoms with E-state index in [1.165, 1.54) is 11.3 Å². The predicted octanol–water partition coefficient (Wildman–Crippen LogP) is 1.68. The summed E-state index contributed by atoms with van der Waals surface area (Å²) in [6.07, 6.45) is 0.708. The molecule has 0 spiro atoms. The molecule has 136 valence electrons. The minimum atomic E-state index is -3.48. The van der Waals surface area contributed by atoms with Crippen molar-refractivity contribution in [3.05, 3.63) is 11.1 Å². The highest BCUT2D eigenvalue weighted by Crippen LogP contribution is 2.23. The second-order valence-corrected chi connectivity index (χ2v) is 9.02. The first-order chi connectivity index (χ1) is 11.0. The number of aromatic nitrogens is 1. The van der Waals surface area contributed by atoms with Crippen LogP contribution in [0.25, 0.3) is 0 Å². The molecule has 2 heterocycles. The van der Waals surface area contributed by atoms with Gasteiger partial charge in [-0.1, -0.05) is 0 Å². The van der Waals surface area contributed by atoms with Crippen LogP contribution in [0, 0.1) is 0 Å². The molecule has 1 saturated heterocycles. The third kappa shape index (κ3) is 5.91. The largest absolute Gasteiger partial charge is 0.444 e. The molecule has 1 aromatic heterocycles. The van der Waals surface area contributed by atoms with Gasteiger partial charge in [0.05, 0.1) is 11.9 Å². The SMILES string of the molecule is CC(C)(C)OC(=O)N1CCN(c2nc(COS(C)(=O)=O)cs2)CC1. The van der Waals surface area contributed by atoms with Gasteiger partial charge in [0.15, 0.2) is 5.13 Å². The van der Waals surface area contributed by atoms with Crippen molar-refractivity contribution in [1.82, 2.24) is 9.88 Å². The fraction of sp³-hybridized carbons (Fsp3) is 0.714. The number of hydrogen-bond acceptors (Lipinski definition) is 8. The van der Waals surface area contributed by atoms with E-state index >= 15 is 0 Å². The van der Waals surface area contributed by atoms with E-state index in [4.69, 9.17) is 8.92 Å². The van der Waals surface area contributed by atoms with Crippen LogP contribution in [0.5, 0.6) is 0 Å². The van der Waals surface area contributed by atoms with Crippen LogP contribution in [0.4, 0.5) is 9.93 Å². The van der Waals surface area contributed by atoms with Crippen molar-refractivity contribution in [3.63, 3.8) is 0 Å². The zero-order chi connectivity index (χ0) is 18.0. The van der Waals surface area contributed by atoms with Crippen molar-refractivity contribution < 1.29 is 22.1 Å². The molecule has 0 radical (unpaired) electrons. The van der Waals surface area contributed by atoms with Crippen LogP contribution >= 0.6 is 11.3 Å². The Morgan fingerprint density at radius 3 is 2.46 bits per heavy atom. The van der Waals surface area contributed by atoms with Crippen molar-refractivity contribution >= 4 is 32.7 Å². The Bertz CT molecular complexity index is 673. The van der Waals surface area contributed by atoms with E-state index in [1.54, 1.807) is 10.3 Å². The van der Waals surface area contributed by atoms with E-state index in [0.717, 1.165) is 11.4 Å². The zero-order valence-corrected chi connectivity index (χ0v) is 15.9. The number of ether oxygens (including phenoxy) is 1. The maximum absolute atomic E-state index is 12.0. The molecule has 1 fully saturated rings. The lowest BCUT2D eigenvalue weighted by molar-refractivity contribution is 0.0240. The lowest BCUT2D eigenvalue weighted by atomic mass is 10.2. The van der Waals surface area contributed by atoms with Crippen molar-refractivity contribution in [3.8, 4) is 0 Å². The van der Waals surface area contributed by atoms with Crippen LogP contribution in [0.15, 0.2) is 5.38 Å². The molecule has 0 N–H and O–H groups in total. The van der Waals surface area contributed by atoms with E-state index in [-0.39, 0.29) is 12.7 Å². The van der Waals surface area contributed by atoms with Gasteiger partial charge in [-0.2, -0.15) is 8.42 Å². The first-order valence-corrected chi connectivity index (χ1v) is 10.2. The van der Waals surface area contributed by atoms with Crippen LogP contribution in [0.2, 0.25) is 0 Å². The smallest absolute Gasteiger partial charge is 0.410 e. The molecule has 0 unspecified atom stereocenters. The average Bonchev–Trinajstić information content (AvgIpc) is 2.92. The Hall–Kier alpha value is -1.39. The molecule has 24 heavy (non-hydrogen) atoms. The second kappa shape index (κ2) is 7.24. The average molecular weight is 377 g/mol. The monoisotopic (exact) mass is 377 g/mol. The van der Waals surface area contributed by atoms with Gasteiger partial charge in [0, 0.05) is 31.6 Å². The number of rotatable bonds is 4. The number of amides is 1. The number of thiazole rings is 1. The van der Waals surface area contributed by atoms with Gasteiger partial charge in [-0.15, -0.1) is 11.3 Å². The number of carbonyl (C=O) groups is 1. The van der Waals surface area contributed by atoms with E-state index in [2.05, 4.69) is 9.88 Å². The van der Waals surface area contributed by atoms with Crippen molar-refractivity contribution in [2.45, 2.75) is 33.0 Å². The van der Waals surface area contributed by atoms with Gasteiger partial charge in [0.25, 0.3) is 10.1 Å². The van der Waals surface area contributed by atoms with Crippen LogP contribution in [0.3, 0.4) is 0 Å².